The van der Waals surface area contributed by atoms with E-state index in [-0.39, 0.29) is 11.6 Å². The molecule has 6 nitrogen and oxygen atoms in total. The summed E-state index contributed by atoms with van der Waals surface area (Å²) < 4.78 is 5.42. The van der Waals surface area contributed by atoms with Gasteiger partial charge in [-0.1, -0.05) is 11.6 Å². The number of terminal acetylenes is 1. The first-order chi connectivity index (χ1) is 9.60. The molecule has 20 heavy (non-hydrogen) atoms. The number of carbonyl (C=O) groups is 1. The number of ether oxygens (including phenoxy) is 1. The molecule has 0 saturated heterocycles. The van der Waals surface area contributed by atoms with Crippen molar-refractivity contribution in [2.45, 2.75) is 25.8 Å². The zero-order valence-corrected chi connectivity index (χ0v) is 11.9. The van der Waals surface area contributed by atoms with Gasteiger partial charge in [0.2, 0.25) is 0 Å². The molecule has 1 aromatic heterocycles. The van der Waals surface area contributed by atoms with Gasteiger partial charge < -0.3 is 10.1 Å². The second-order valence-electron chi connectivity index (χ2n) is 4.00. The van der Waals surface area contributed by atoms with E-state index in [1.807, 2.05) is 0 Å². The Kier molecular flexibility index (Phi) is 6.60. The molecule has 0 aliphatic heterocycles. The number of nitrogens with one attached hydrogen (secondary N) is 1. The number of hydrogen-bond acceptors (Lipinski definition) is 5. The number of rotatable bonds is 7. The Morgan fingerprint density at radius 2 is 2.35 bits per heavy atom. The minimum atomic E-state index is -0.564. The number of aromatic nitrogens is 2. The standard InChI is InChI=1S/C13H16ClN3O3/c1-3-4-5-6-7-15-10-8-16-17(9-11(18)20-2)13(19)12(10)14/h1,8,15H,4-7,9H2,2H3. The summed E-state index contributed by atoms with van der Waals surface area (Å²) in [6.45, 7) is 0.376. The molecule has 0 aliphatic rings. The number of anilines is 1. The summed E-state index contributed by atoms with van der Waals surface area (Å²) in [4.78, 5) is 23.0. The Morgan fingerprint density at radius 3 is 3.00 bits per heavy atom. The van der Waals surface area contributed by atoms with Crippen LogP contribution in [0.15, 0.2) is 11.0 Å². The fraction of sp³-hybridized carbons (Fsp3) is 0.462. The third kappa shape index (κ3) is 4.59. The first-order valence-electron chi connectivity index (χ1n) is 6.10. The Balaban J connectivity index is 2.67. The molecule has 0 saturated carbocycles. The summed E-state index contributed by atoms with van der Waals surface area (Å²) in [6, 6.07) is 0. The number of esters is 1. The number of hydrogen-bond donors (Lipinski definition) is 1. The van der Waals surface area contributed by atoms with Crippen LogP contribution in [0.25, 0.3) is 0 Å². The summed E-state index contributed by atoms with van der Waals surface area (Å²) in [7, 11) is 1.24. The van der Waals surface area contributed by atoms with E-state index in [4.69, 9.17) is 18.0 Å². The zero-order chi connectivity index (χ0) is 15.0. The van der Waals surface area contributed by atoms with E-state index in [1.54, 1.807) is 0 Å². The topological polar surface area (TPSA) is 73.2 Å². The Hall–Kier alpha value is -2.00. The molecule has 0 fully saturated rings. The van der Waals surface area contributed by atoms with Crippen LogP contribution in [0.2, 0.25) is 5.02 Å². The first kappa shape index (κ1) is 16.1. The van der Waals surface area contributed by atoms with Crippen LogP contribution in [0.4, 0.5) is 5.69 Å². The minimum absolute atomic E-state index is 0.000790. The SMILES string of the molecule is C#CCCCCNc1cnn(CC(=O)OC)c(=O)c1Cl. The fourth-order valence-electron chi connectivity index (χ4n) is 1.46. The van der Waals surface area contributed by atoms with Gasteiger partial charge in [0.25, 0.3) is 5.56 Å². The molecule has 0 atom stereocenters. The second-order valence-corrected chi connectivity index (χ2v) is 4.38. The molecule has 0 aromatic carbocycles. The molecule has 0 radical (unpaired) electrons. The molecular weight excluding hydrogens is 282 g/mol. The van der Waals surface area contributed by atoms with E-state index in [0.29, 0.717) is 18.7 Å². The maximum Gasteiger partial charge on any atom is 0.327 e. The molecular formula is C13H16ClN3O3. The largest absolute Gasteiger partial charge is 0.468 e. The smallest absolute Gasteiger partial charge is 0.327 e. The van der Waals surface area contributed by atoms with Crippen molar-refractivity contribution in [2.75, 3.05) is 19.0 Å². The average molecular weight is 298 g/mol. The van der Waals surface area contributed by atoms with E-state index < -0.39 is 11.5 Å². The van der Waals surface area contributed by atoms with Gasteiger partial charge in [0.1, 0.15) is 11.6 Å². The molecule has 0 bridgehead atoms. The Bertz CT molecular complexity index is 563. The molecule has 1 N–H and O–H groups in total. The maximum atomic E-state index is 11.9. The van der Waals surface area contributed by atoms with Crippen molar-refractivity contribution in [3.8, 4) is 12.3 Å². The van der Waals surface area contributed by atoms with Crippen molar-refractivity contribution in [1.82, 2.24) is 9.78 Å². The van der Waals surface area contributed by atoms with Crippen LogP contribution in [-0.2, 0) is 16.1 Å². The molecule has 0 spiro atoms. The number of halogens is 1. The van der Waals surface area contributed by atoms with Crippen LogP contribution < -0.4 is 10.9 Å². The predicted octanol–water partition coefficient (Wildman–Crippen LogP) is 1.29. The van der Waals surface area contributed by atoms with E-state index in [9.17, 15) is 9.59 Å². The van der Waals surface area contributed by atoms with Crippen LogP contribution in [-0.4, -0.2) is 29.4 Å². The quantitative estimate of drug-likeness (QED) is 0.466. The van der Waals surface area contributed by atoms with E-state index >= 15 is 0 Å². The molecule has 1 aromatic rings. The molecule has 1 rings (SSSR count). The molecule has 7 heteroatoms. The van der Waals surface area contributed by atoms with Crippen molar-refractivity contribution >= 4 is 23.3 Å². The summed E-state index contributed by atoms with van der Waals surface area (Å²) in [5, 5.41) is 6.88. The summed E-state index contributed by atoms with van der Waals surface area (Å²) in [5.74, 6) is 1.99. The highest BCUT2D eigenvalue weighted by Gasteiger charge is 2.11. The lowest BCUT2D eigenvalue weighted by atomic mass is 10.2. The minimum Gasteiger partial charge on any atom is -0.468 e. The Morgan fingerprint density at radius 1 is 1.60 bits per heavy atom. The van der Waals surface area contributed by atoms with Crippen molar-refractivity contribution in [2.24, 2.45) is 0 Å². The lowest BCUT2D eigenvalue weighted by Gasteiger charge is -2.09. The van der Waals surface area contributed by atoms with Crippen molar-refractivity contribution in [3.05, 3.63) is 21.6 Å². The summed E-state index contributed by atoms with van der Waals surface area (Å²) >= 11 is 5.94. The van der Waals surface area contributed by atoms with Crippen molar-refractivity contribution < 1.29 is 9.53 Å². The molecule has 0 amide bonds. The number of unbranched alkanes of at least 4 members (excludes halogenated alkanes) is 2. The van der Waals surface area contributed by atoms with Crippen molar-refractivity contribution in [3.63, 3.8) is 0 Å². The molecule has 108 valence electrons. The third-order valence-electron chi connectivity index (χ3n) is 2.55. The molecule has 0 unspecified atom stereocenters. The van der Waals surface area contributed by atoms with Gasteiger partial charge in [-0.15, -0.1) is 12.3 Å². The van der Waals surface area contributed by atoms with Gasteiger partial charge in [0.05, 0.1) is 19.0 Å². The second kappa shape index (κ2) is 8.23. The van der Waals surface area contributed by atoms with E-state index in [2.05, 4.69) is 21.1 Å². The van der Waals surface area contributed by atoms with E-state index in [0.717, 1.165) is 17.5 Å². The number of methoxy groups -OCH3 is 1. The maximum absolute atomic E-state index is 11.9. The van der Waals surface area contributed by atoms with Crippen molar-refractivity contribution in [1.29, 1.82) is 0 Å². The first-order valence-corrected chi connectivity index (χ1v) is 6.47. The molecule has 1 heterocycles. The number of nitrogens with zero attached hydrogens (tertiary/aromatic N) is 2. The van der Waals surface area contributed by atoms with Crippen LogP contribution in [0, 0.1) is 12.3 Å². The zero-order valence-electron chi connectivity index (χ0n) is 11.2. The average Bonchev–Trinajstić information content (AvgIpc) is 2.45. The third-order valence-corrected chi connectivity index (χ3v) is 2.92. The van der Waals surface area contributed by atoms with Gasteiger partial charge in [-0.2, -0.15) is 5.10 Å². The lowest BCUT2D eigenvalue weighted by molar-refractivity contribution is -0.141. The van der Waals surface area contributed by atoms with Crippen LogP contribution in [0.3, 0.4) is 0 Å². The summed E-state index contributed by atoms with van der Waals surface area (Å²) in [6.07, 6.45) is 9.04. The van der Waals surface area contributed by atoms with Gasteiger partial charge in [0.15, 0.2) is 0 Å². The number of carbonyl (C=O) groups excluding carboxylic acids is 1. The van der Waals surface area contributed by atoms with Gasteiger partial charge >= 0.3 is 5.97 Å². The highest BCUT2D eigenvalue weighted by atomic mass is 35.5. The van der Waals surface area contributed by atoms with Crippen LogP contribution in [0.1, 0.15) is 19.3 Å². The fourth-order valence-corrected chi connectivity index (χ4v) is 1.68. The van der Waals surface area contributed by atoms with Crippen LogP contribution in [0.5, 0.6) is 0 Å². The highest BCUT2D eigenvalue weighted by molar-refractivity contribution is 6.32. The normalized spacial score (nSPS) is 9.85. The molecule has 0 aliphatic carbocycles. The van der Waals surface area contributed by atoms with Gasteiger partial charge in [-0.3, -0.25) is 9.59 Å². The predicted molar refractivity (Wildman–Crippen MR) is 76.7 cm³/mol. The van der Waals surface area contributed by atoms with E-state index in [1.165, 1.54) is 13.3 Å². The lowest BCUT2D eigenvalue weighted by Crippen LogP contribution is -2.28. The van der Waals surface area contributed by atoms with Crippen LogP contribution >= 0.6 is 11.6 Å². The Labute approximate surface area is 122 Å². The monoisotopic (exact) mass is 297 g/mol. The van der Waals surface area contributed by atoms with Gasteiger partial charge in [-0.05, 0) is 12.8 Å². The van der Waals surface area contributed by atoms with Gasteiger partial charge in [-0.25, -0.2) is 4.68 Å². The highest BCUT2D eigenvalue weighted by Crippen LogP contribution is 2.15. The van der Waals surface area contributed by atoms with Gasteiger partial charge in [0, 0.05) is 13.0 Å². The summed E-state index contributed by atoms with van der Waals surface area (Å²) in [5.41, 5.74) is -0.0934.